The van der Waals surface area contributed by atoms with Crippen molar-refractivity contribution in [2.45, 2.75) is 66.2 Å². The van der Waals surface area contributed by atoms with E-state index >= 15 is 0 Å². The molecule has 13 heteroatoms. The number of non-ortho nitro benzene ring substituents is 1. The van der Waals surface area contributed by atoms with Crippen LogP contribution in [-0.4, -0.2) is 74.6 Å². The molecule has 0 amide bonds. The number of carbonyl (C=O) groups is 1. The fourth-order valence-electron chi connectivity index (χ4n) is 5.16. The molecular weight excluding hydrogens is 625 g/mol. The zero-order chi connectivity index (χ0) is 34.6. The van der Waals surface area contributed by atoms with E-state index in [1.54, 1.807) is 19.9 Å². The fraction of sp³-hybridized carbons (Fsp3) is 0.500. The van der Waals surface area contributed by atoms with Crippen molar-refractivity contribution >= 4 is 19.3 Å². The van der Waals surface area contributed by atoms with Crippen LogP contribution in [0, 0.1) is 10.1 Å². The summed E-state index contributed by atoms with van der Waals surface area (Å²) in [5.41, 5.74) is 2.37. The zero-order valence-corrected chi connectivity index (χ0v) is 29.3. The minimum absolute atomic E-state index is 0.0604. The molecule has 47 heavy (non-hydrogen) atoms. The van der Waals surface area contributed by atoms with Crippen molar-refractivity contribution < 1.29 is 37.5 Å². The van der Waals surface area contributed by atoms with Crippen LogP contribution in [-0.2, 0) is 39.2 Å². The first-order valence-electron chi connectivity index (χ1n) is 15.8. The van der Waals surface area contributed by atoms with Crippen molar-refractivity contribution in [3.63, 3.8) is 0 Å². The number of nitrogens with zero attached hydrogens (tertiary/aromatic N) is 2. The smallest absolute Gasteiger partial charge is 0.360 e. The number of nitrogens with one attached hydrogen (secondary N) is 1. The Morgan fingerprint density at radius 3 is 2.11 bits per heavy atom. The van der Waals surface area contributed by atoms with Crippen LogP contribution in [0.5, 0.6) is 0 Å². The number of benzene rings is 2. The van der Waals surface area contributed by atoms with E-state index < -0.39 is 24.4 Å². The van der Waals surface area contributed by atoms with Crippen molar-refractivity contribution in [2.24, 2.45) is 0 Å². The molecule has 1 aliphatic heterocycles. The van der Waals surface area contributed by atoms with Gasteiger partial charge in [-0.15, -0.1) is 0 Å². The van der Waals surface area contributed by atoms with Crippen LogP contribution in [0.1, 0.15) is 58.6 Å². The number of carbonyl (C=O) groups excluding carboxylic acids is 1. The summed E-state index contributed by atoms with van der Waals surface area (Å²) in [6.45, 7) is 12.3. The molecule has 0 saturated heterocycles. The molecule has 3 rings (SSSR count). The second-order valence-corrected chi connectivity index (χ2v) is 13.8. The van der Waals surface area contributed by atoms with Gasteiger partial charge in [0, 0.05) is 36.6 Å². The average molecular weight is 674 g/mol. The summed E-state index contributed by atoms with van der Waals surface area (Å²) in [4.78, 5) is 27.2. The van der Waals surface area contributed by atoms with E-state index in [2.05, 4.69) is 5.32 Å². The third-order valence-corrected chi connectivity index (χ3v) is 9.48. The van der Waals surface area contributed by atoms with Gasteiger partial charge in [-0.3, -0.25) is 19.6 Å². The number of hydrogen-bond acceptors (Lipinski definition) is 11. The van der Waals surface area contributed by atoms with Gasteiger partial charge in [0.15, 0.2) is 0 Å². The molecule has 0 aromatic heterocycles. The SMILES string of the molecule is CC1=C(C(=O)OCCN(C)Cc2ccccc2)C(c2cccc([N+](=O)[O-])c2)C(P(=O)(OCCOC(C)C)OCCOC(C)C)=C(C)N1. The lowest BCUT2D eigenvalue weighted by molar-refractivity contribution is -0.384. The van der Waals surface area contributed by atoms with Gasteiger partial charge in [0.25, 0.3) is 5.69 Å². The van der Waals surface area contributed by atoms with E-state index in [-0.39, 0.29) is 61.8 Å². The highest BCUT2D eigenvalue weighted by Crippen LogP contribution is 2.64. The molecule has 0 spiro atoms. The van der Waals surface area contributed by atoms with Crippen LogP contribution in [0.4, 0.5) is 5.69 Å². The highest BCUT2D eigenvalue weighted by atomic mass is 31.2. The summed E-state index contributed by atoms with van der Waals surface area (Å²) in [7, 11) is -2.25. The Kier molecular flexibility index (Phi) is 14.8. The van der Waals surface area contributed by atoms with Gasteiger partial charge in [-0.25, -0.2) is 4.79 Å². The lowest BCUT2D eigenvalue weighted by Crippen LogP contribution is -2.31. The molecule has 1 atom stereocenters. The van der Waals surface area contributed by atoms with Crippen molar-refractivity contribution in [1.82, 2.24) is 10.2 Å². The molecule has 258 valence electrons. The number of nitro benzene ring substituents is 1. The number of nitro groups is 1. The number of likely N-dealkylation sites (N-methyl/N-ethyl adjacent to an activating group) is 1. The van der Waals surface area contributed by atoms with Crippen LogP contribution in [0.15, 0.2) is 76.9 Å². The Balaban J connectivity index is 1.98. The molecular formula is C34H48N3O9P. The minimum Gasteiger partial charge on any atom is -0.461 e. The maximum Gasteiger partial charge on any atom is 0.360 e. The van der Waals surface area contributed by atoms with E-state index in [0.29, 0.717) is 30.0 Å². The summed E-state index contributed by atoms with van der Waals surface area (Å²) in [6.07, 6.45) is -0.154. The molecule has 1 heterocycles. The van der Waals surface area contributed by atoms with E-state index in [4.69, 9.17) is 23.3 Å². The monoisotopic (exact) mass is 673 g/mol. The molecule has 1 aliphatic rings. The lowest BCUT2D eigenvalue weighted by atomic mass is 9.86. The predicted octanol–water partition coefficient (Wildman–Crippen LogP) is 6.54. The van der Waals surface area contributed by atoms with E-state index in [0.717, 1.165) is 5.56 Å². The topological polar surface area (TPSA) is 139 Å². The minimum atomic E-state index is -4.18. The Bertz CT molecular complexity index is 1440. The van der Waals surface area contributed by atoms with Crippen LogP contribution in [0.2, 0.25) is 0 Å². The first-order chi connectivity index (χ1) is 22.3. The van der Waals surface area contributed by atoms with Gasteiger partial charge in [0.1, 0.15) is 6.61 Å². The lowest BCUT2D eigenvalue weighted by Gasteiger charge is -2.34. The molecule has 2 aromatic carbocycles. The summed E-state index contributed by atoms with van der Waals surface area (Å²) in [5.74, 6) is -1.68. The van der Waals surface area contributed by atoms with Crippen LogP contribution in [0.25, 0.3) is 0 Å². The molecule has 1 N–H and O–H groups in total. The Morgan fingerprint density at radius 2 is 1.53 bits per heavy atom. The Morgan fingerprint density at radius 1 is 0.915 bits per heavy atom. The molecule has 0 aliphatic carbocycles. The molecule has 12 nitrogen and oxygen atoms in total. The number of hydrogen-bond donors (Lipinski definition) is 1. The van der Waals surface area contributed by atoms with E-state index in [1.165, 1.54) is 18.2 Å². The Hall–Kier alpha value is -3.38. The highest BCUT2D eigenvalue weighted by Gasteiger charge is 2.45. The first-order valence-corrected chi connectivity index (χ1v) is 17.3. The van der Waals surface area contributed by atoms with Crippen molar-refractivity contribution in [1.29, 1.82) is 0 Å². The molecule has 0 fully saturated rings. The number of allylic oxidation sites excluding steroid dienone is 3. The highest BCUT2D eigenvalue weighted by molar-refractivity contribution is 7.58. The third kappa shape index (κ3) is 11.4. The van der Waals surface area contributed by atoms with Gasteiger partial charge in [0.05, 0.1) is 60.4 Å². The normalized spacial score (nSPS) is 15.5. The second kappa shape index (κ2) is 18.2. The van der Waals surface area contributed by atoms with Gasteiger partial charge in [-0.2, -0.15) is 0 Å². The quantitative estimate of drug-likeness (QED) is 0.0572. The van der Waals surface area contributed by atoms with E-state index in [1.807, 2.05) is 70.0 Å². The standard InChI is InChI=1S/C34H48N3O9P/c1-24(2)42-18-20-45-47(41,46-21-19-43-25(3)4)33-27(6)35-26(5)31(32(33)29-14-11-15-30(22-29)37(39)40)34(38)44-17-16-36(7)23-28-12-9-8-10-13-28/h8-15,22,24-25,32,35H,16-21,23H2,1-7H3. The summed E-state index contributed by atoms with van der Waals surface area (Å²) in [5, 5.41) is 15.1. The maximum atomic E-state index is 14.9. The number of ether oxygens (including phenoxy) is 3. The number of dihydropyridines is 1. The Labute approximate surface area is 277 Å². The van der Waals surface area contributed by atoms with Crippen molar-refractivity contribution in [3.05, 3.63) is 98.1 Å². The summed E-state index contributed by atoms with van der Waals surface area (Å²) >= 11 is 0. The van der Waals surface area contributed by atoms with Crippen LogP contribution >= 0.6 is 7.60 Å². The van der Waals surface area contributed by atoms with Crippen LogP contribution < -0.4 is 5.32 Å². The van der Waals surface area contributed by atoms with Crippen molar-refractivity contribution in [2.75, 3.05) is 46.6 Å². The zero-order valence-electron chi connectivity index (χ0n) is 28.4. The first kappa shape index (κ1) is 38.1. The van der Waals surface area contributed by atoms with Gasteiger partial charge in [0.2, 0.25) is 0 Å². The van der Waals surface area contributed by atoms with E-state index in [9.17, 15) is 19.5 Å². The fourth-order valence-corrected chi connectivity index (χ4v) is 7.21. The second-order valence-electron chi connectivity index (χ2n) is 11.8. The predicted molar refractivity (Wildman–Crippen MR) is 180 cm³/mol. The molecule has 0 saturated carbocycles. The summed E-state index contributed by atoms with van der Waals surface area (Å²) < 4.78 is 43.9. The largest absolute Gasteiger partial charge is 0.461 e. The third-order valence-electron chi connectivity index (χ3n) is 7.25. The molecule has 1 unspecified atom stereocenters. The van der Waals surface area contributed by atoms with Gasteiger partial charge in [-0.1, -0.05) is 42.5 Å². The maximum absolute atomic E-state index is 14.9. The average Bonchev–Trinajstić information content (AvgIpc) is 3.01. The van der Waals surface area contributed by atoms with Gasteiger partial charge >= 0.3 is 13.6 Å². The van der Waals surface area contributed by atoms with Gasteiger partial charge in [-0.05, 0) is 59.7 Å². The number of esters is 1. The number of rotatable bonds is 19. The summed E-state index contributed by atoms with van der Waals surface area (Å²) in [6, 6.07) is 15.8. The molecule has 0 radical (unpaired) electrons. The molecule has 2 aromatic rings. The molecule has 0 bridgehead atoms. The van der Waals surface area contributed by atoms with Gasteiger partial charge < -0.3 is 28.6 Å². The van der Waals surface area contributed by atoms with Crippen LogP contribution in [0.3, 0.4) is 0 Å². The van der Waals surface area contributed by atoms with Crippen molar-refractivity contribution in [3.8, 4) is 0 Å².